The van der Waals surface area contributed by atoms with Gasteiger partial charge in [-0.3, -0.25) is 10.1 Å². The fourth-order valence-corrected chi connectivity index (χ4v) is 3.48. The fourth-order valence-electron chi connectivity index (χ4n) is 2.39. The van der Waals surface area contributed by atoms with E-state index in [9.17, 15) is 4.79 Å². The first kappa shape index (κ1) is 15.3. The van der Waals surface area contributed by atoms with Crippen molar-refractivity contribution < 1.29 is 9.53 Å². The summed E-state index contributed by atoms with van der Waals surface area (Å²) in [4.78, 5) is 20.4. The predicted molar refractivity (Wildman–Crippen MR) is 78.5 cm³/mol. The summed E-state index contributed by atoms with van der Waals surface area (Å²) in [6, 6.07) is 2.08. The highest BCUT2D eigenvalue weighted by molar-refractivity contribution is 7.99. The van der Waals surface area contributed by atoms with E-state index in [1.807, 2.05) is 6.07 Å². The SMILES string of the molecule is COC(=O)C(CSc1ccncn1)(NC(C)C)C1CC1. The van der Waals surface area contributed by atoms with Gasteiger partial charge in [-0.05, 0) is 38.7 Å². The summed E-state index contributed by atoms with van der Waals surface area (Å²) in [5.74, 6) is 0.807. The molecule has 5 nitrogen and oxygen atoms in total. The van der Waals surface area contributed by atoms with Crippen LogP contribution in [-0.4, -0.2) is 40.4 Å². The molecule has 0 aliphatic heterocycles. The largest absolute Gasteiger partial charge is 0.468 e. The van der Waals surface area contributed by atoms with E-state index in [0.717, 1.165) is 17.9 Å². The molecule has 1 heterocycles. The number of thioether (sulfide) groups is 1. The maximum absolute atomic E-state index is 12.3. The second-order valence-electron chi connectivity index (χ2n) is 5.37. The highest BCUT2D eigenvalue weighted by Crippen LogP contribution is 2.43. The monoisotopic (exact) mass is 295 g/mol. The normalized spacial score (nSPS) is 17.8. The van der Waals surface area contributed by atoms with Crippen LogP contribution in [0.1, 0.15) is 26.7 Å². The van der Waals surface area contributed by atoms with Crippen LogP contribution in [0.3, 0.4) is 0 Å². The summed E-state index contributed by atoms with van der Waals surface area (Å²) in [5.41, 5.74) is -0.613. The molecule has 0 radical (unpaired) electrons. The number of rotatable bonds is 7. The molecule has 6 heteroatoms. The topological polar surface area (TPSA) is 64.1 Å². The number of esters is 1. The van der Waals surface area contributed by atoms with E-state index in [2.05, 4.69) is 29.1 Å². The average molecular weight is 295 g/mol. The minimum atomic E-state index is -0.613. The van der Waals surface area contributed by atoms with Crippen LogP contribution < -0.4 is 5.32 Å². The van der Waals surface area contributed by atoms with Gasteiger partial charge in [-0.1, -0.05) is 0 Å². The van der Waals surface area contributed by atoms with Crippen LogP contribution in [0.15, 0.2) is 23.6 Å². The lowest BCUT2D eigenvalue weighted by Gasteiger charge is -2.33. The van der Waals surface area contributed by atoms with Crippen molar-refractivity contribution in [3.05, 3.63) is 18.6 Å². The first-order valence-corrected chi connectivity index (χ1v) is 7.82. The molecule has 0 spiro atoms. The molecule has 0 aromatic carbocycles. The summed E-state index contributed by atoms with van der Waals surface area (Å²) in [7, 11) is 1.46. The third-order valence-electron chi connectivity index (χ3n) is 3.37. The Bertz CT molecular complexity index is 451. The number of nitrogens with one attached hydrogen (secondary N) is 1. The zero-order chi connectivity index (χ0) is 14.6. The van der Waals surface area contributed by atoms with E-state index < -0.39 is 5.54 Å². The summed E-state index contributed by atoms with van der Waals surface area (Å²) in [6.45, 7) is 4.10. The highest BCUT2D eigenvalue weighted by Gasteiger charge is 2.52. The zero-order valence-corrected chi connectivity index (χ0v) is 12.9. The summed E-state index contributed by atoms with van der Waals surface area (Å²) in [6.07, 6.45) is 5.37. The number of nitrogens with zero attached hydrogens (tertiary/aromatic N) is 2. The summed E-state index contributed by atoms with van der Waals surface area (Å²) >= 11 is 1.57. The molecule has 20 heavy (non-hydrogen) atoms. The molecule has 0 bridgehead atoms. The molecule has 1 aromatic rings. The van der Waals surface area contributed by atoms with Crippen molar-refractivity contribution in [1.29, 1.82) is 0 Å². The second kappa shape index (κ2) is 6.54. The van der Waals surface area contributed by atoms with Crippen LogP contribution in [0.2, 0.25) is 0 Å². The molecule has 1 atom stereocenters. The van der Waals surface area contributed by atoms with Gasteiger partial charge in [0.05, 0.1) is 12.1 Å². The van der Waals surface area contributed by atoms with Crippen molar-refractivity contribution in [2.24, 2.45) is 5.92 Å². The molecule has 2 rings (SSSR count). The van der Waals surface area contributed by atoms with Crippen molar-refractivity contribution >= 4 is 17.7 Å². The van der Waals surface area contributed by atoms with Gasteiger partial charge in [-0.15, -0.1) is 11.8 Å². The molecule has 1 aromatic heterocycles. The second-order valence-corrected chi connectivity index (χ2v) is 6.37. The Morgan fingerprint density at radius 2 is 2.35 bits per heavy atom. The summed E-state index contributed by atoms with van der Waals surface area (Å²) in [5, 5.41) is 4.31. The van der Waals surface area contributed by atoms with Crippen LogP contribution in [0, 0.1) is 5.92 Å². The van der Waals surface area contributed by atoms with Crippen LogP contribution in [0.5, 0.6) is 0 Å². The van der Waals surface area contributed by atoms with Gasteiger partial charge in [-0.25, -0.2) is 9.97 Å². The number of hydrogen-bond donors (Lipinski definition) is 1. The molecule has 1 N–H and O–H groups in total. The van der Waals surface area contributed by atoms with Crippen molar-refractivity contribution in [3.63, 3.8) is 0 Å². The minimum absolute atomic E-state index is 0.171. The van der Waals surface area contributed by atoms with Gasteiger partial charge in [0.1, 0.15) is 11.9 Å². The van der Waals surface area contributed by atoms with Crippen molar-refractivity contribution in [3.8, 4) is 0 Å². The van der Waals surface area contributed by atoms with E-state index in [1.165, 1.54) is 13.4 Å². The Morgan fingerprint density at radius 1 is 1.60 bits per heavy atom. The van der Waals surface area contributed by atoms with Gasteiger partial charge >= 0.3 is 5.97 Å². The van der Waals surface area contributed by atoms with Crippen LogP contribution >= 0.6 is 11.8 Å². The molecular formula is C14H21N3O2S. The third-order valence-corrected chi connectivity index (χ3v) is 4.51. The lowest BCUT2D eigenvalue weighted by molar-refractivity contribution is -0.148. The highest BCUT2D eigenvalue weighted by atomic mass is 32.2. The van der Waals surface area contributed by atoms with Crippen LogP contribution in [0.4, 0.5) is 0 Å². The number of methoxy groups -OCH3 is 1. The number of ether oxygens (including phenoxy) is 1. The molecule has 1 saturated carbocycles. The Labute approximate surface area is 123 Å². The first-order valence-electron chi connectivity index (χ1n) is 6.83. The molecule has 0 saturated heterocycles. The van der Waals surface area contributed by atoms with E-state index in [0.29, 0.717) is 11.7 Å². The lowest BCUT2D eigenvalue weighted by atomic mass is 9.94. The van der Waals surface area contributed by atoms with Crippen molar-refractivity contribution in [1.82, 2.24) is 15.3 Å². The van der Waals surface area contributed by atoms with Gasteiger partial charge in [0, 0.05) is 18.0 Å². The Kier molecular flexibility index (Phi) is 4.99. The third kappa shape index (κ3) is 3.49. The Hall–Kier alpha value is -1.14. The van der Waals surface area contributed by atoms with E-state index in [1.54, 1.807) is 18.0 Å². The van der Waals surface area contributed by atoms with E-state index in [4.69, 9.17) is 4.74 Å². The van der Waals surface area contributed by atoms with Crippen molar-refractivity contribution in [2.45, 2.75) is 43.3 Å². The Morgan fingerprint density at radius 3 is 2.85 bits per heavy atom. The standard InChI is InChI=1S/C14H21N3O2S/c1-10(2)17-14(11-4-5-11,13(18)19-3)8-20-12-6-7-15-9-16-12/h6-7,9-11,17H,4-5,8H2,1-3H3. The predicted octanol–water partition coefficient (Wildman–Crippen LogP) is 1.89. The fraction of sp³-hybridized carbons (Fsp3) is 0.643. The van der Waals surface area contributed by atoms with Gasteiger partial charge in [-0.2, -0.15) is 0 Å². The average Bonchev–Trinajstić information content (AvgIpc) is 3.28. The molecule has 1 aliphatic rings. The molecule has 1 unspecified atom stereocenters. The smallest absolute Gasteiger partial charge is 0.327 e. The molecule has 1 aliphatic carbocycles. The van der Waals surface area contributed by atoms with Crippen LogP contribution in [0.25, 0.3) is 0 Å². The number of aromatic nitrogens is 2. The van der Waals surface area contributed by atoms with Crippen molar-refractivity contribution in [2.75, 3.05) is 12.9 Å². The maximum atomic E-state index is 12.3. The molecular weight excluding hydrogens is 274 g/mol. The van der Waals surface area contributed by atoms with Gasteiger partial charge in [0.15, 0.2) is 0 Å². The maximum Gasteiger partial charge on any atom is 0.327 e. The van der Waals surface area contributed by atoms with Gasteiger partial charge in [0.25, 0.3) is 0 Å². The van der Waals surface area contributed by atoms with E-state index >= 15 is 0 Å². The quantitative estimate of drug-likeness (QED) is 0.471. The summed E-state index contributed by atoms with van der Waals surface area (Å²) < 4.78 is 5.06. The Balaban J connectivity index is 2.14. The van der Waals surface area contributed by atoms with E-state index in [-0.39, 0.29) is 12.0 Å². The number of carbonyl (C=O) groups excluding carboxylic acids is 1. The zero-order valence-electron chi connectivity index (χ0n) is 12.1. The van der Waals surface area contributed by atoms with Gasteiger partial charge in [0.2, 0.25) is 0 Å². The van der Waals surface area contributed by atoms with Gasteiger partial charge < -0.3 is 4.74 Å². The first-order chi connectivity index (χ1) is 9.58. The molecule has 110 valence electrons. The minimum Gasteiger partial charge on any atom is -0.468 e. The molecule has 0 amide bonds. The number of hydrogen-bond acceptors (Lipinski definition) is 6. The lowest BCUT2D eigenvalue weighted by Crippen LogP contribution is -2.59. The number of carbonyl (C=O) groups is 1. The molecule has 1 fully saturated rings. The van der Waals surface area contributed by atoms with Crippen LogP contribution in [-0.2, 0) is 9.53 Å².